The zero-order chi connectivity index (χ0) is 17.4. The summed E-state index contributed by atoms with van der Waals surface area (Å²) in [5, 5.41) is 4.12. The van der Waals surface area contributed by atoms with E-state index in [2.05, 4.69) is 32.8 Å². The molecule has 3 aromatic rings. The number of thiazole rings is 1. The van der Waals surface area contributed by atoms with Crippen molar-refractivity contribution in [3.8, 4) is 10.6 Å². The van der Waals surface area contributed by atoms with Crippen LogP contribution in [0.4, 0.5) is 0 Å². The first-order valence-corrected chi connectivity index (χ1v) is 12.0. The van der Waals surface area contributed by atoms with E-state index in [1.165, 1.54) is 11.5 Å². The molecule has 7 heteroatoms. The van der Waals surface area contributed by atoms with Gasteiger partial charge >= 0.3 is 0 Å². The Hall–Kier alpha value is -1.86. The van der Waals surface area contributed by atoms with Crippen molar-refractivity contribution in [1.82, 2.24) is 20.3 Å². The first-order chi connectivity index (χ1) is 12.0. The number of fused-ring (bicyclic) bond motifs is 1. The fourth-order valence-corrected chi connectivity index (χ4v) is 6.15. The lowest BCUT2D eigenvalue weighted by atomic mass is 10.1. The van der Waals surface area contributed by atoms with Gasteiger partial charge in [0, 0.05) is 24.0 Å². The number of amides is 1. The van der Waals surface area contributed by atoms with Crippen LogP contribution in [-0.2, 0) is 0 Å². The lowest BCUT2D eigenvalue weighted by Crippen LogP contribution is -2.39. The van der Waals surface area contributed by atoms with Crippen LogP contribution in [0.3, 0.4) is 0 Å². The van der Waals surface area contributed by atoms with E-state index in [0.29, 0.717) is 11.7 Å². The molecule has 0 atom stereocenters. The molecule has 1 amide bonds. The zero-order valence-corrected chi connectivity index (χ0v) is 16.0. The van der Waals surface area contributed by atoms with Crippen LogP contribution in [-0.4, -0.2) is 50.9 Å². The van der Waals surface area contributed by atoms with Crippen LogP contribution in [0, 0.1) is 0 Å². The van der Waals surface area contributed by atoms with Gasteiger partial charge in [0.1, 0.15) is 16.3 Å². The van der Waals surface area contributed by atoms with Crippen molar-refractivity contribution in [3.63, 3.8) is 0 Å². The van der Waals surface area contributed by atoms with E-state index in [4.69, 9.17) is 0 Å². The summed E-state index contributed by atoms with van der Waals surface area (Å²) in [6.45, 7) is 0. The van der Waals surface area contributed by atoms with Gasteiger partial charge in [-0.05, 0) is 55.1 Å². The molecular formula is C18H22N4OS2. The number of H-pyrrole nitrogens is 1. The monoisotopic (exact) mass is 374 g/mol. The number of hydrogen-bond donors (Lipinski definition) is 2. The molecule has 0 saturated carbocycles. The summed E-state index contributed by atoms with van der Waals surface area (Å²) < 4.78 is 1.01. The lowest BCUT2D eigenvalue weighted by molar-refractivity contribution is 0.0930. The quantitative estimate of drug-likeness (QED) is 0.735. The number of pyridine rings is 1. The topological polar surface area (TPSA) is 70.7 Å². The van der Waals surface area contributed by atoms with E-state index in [1.807, 2.05) is 18.2 Å². The van der Waals surface area contributed by atoms with Crippen LogP contribution < -0.4 is 5.32 Å². The van der Waals surface area contributed by atoms with Gasteiger partial charge in [0.2, 0.25) is 0 Å². The third kappa shape index (κ3) is 3.57. The van der Waals surface area contributed by atoms with Gasteiger partial charge in [-0.15, -0.1) is 11.3 Å². The molecule has 2 N–H and O–H groups in total. The molecule has 1 saturated heterocycles. The number of rotatable bonds is 3. The Morgan fingerprint density at radius 3 is 2.68 bits per heavy atom. The molecule has 132 valence electrons. The normalized spacial score (nSPS) is 19.0. The largest absolute Gasteiger partial charge is 0.348 e. The number of nitrogens with one attached hydrogen (secondary N) is 2. The minimum atomic E-state index is -0.431. The van der Waals surface area contributed by atoms with E-state index in [1.54, 1.807) is 23.7 Å². The molecule has 0 radical (unpaired) electrons. The average Bonchev–Trinajstić information content (AvgIpc) is 3.16. The van der Waals surface area contributed by atoms with Gasteiger partial charge in [-0.3, -0.25) is 9.78 Å². The second kappa shape index (κ2) is 6.46. The van der Waals surface area contributed by atoms with E-state index in [-0.39, 0.29) is 5.91 Å². The number of carbonyl (C=O) groups is 1. The number of hydrogen-bond acceptors (Lipinski definition) is 4. The minimum Gasteiger partial charge on any atom is -0.348 e. The number of carbonyl (C=O) groups excluding carboxylic acids is 1. The maximum Gasteiger partial charge on any atom is 0.268 e. The first-order valence-electron chi connectivity index (χ1n) is 8.40. The number of aromatic nitrogens is 3. The molecule has 0 bridgehead atoms. The molecule has 0 spiro atoms. The van der Waals surface area contributed by atoms with Crippen molar-refractivity contribution in [3.05, 3.63) is 36.3 Å². The molecule has 0 aromatic carbocycles. The van der Waals surface area contributed by atoms with Crippen molar-refractivity contribution in [2.24, 2.45) is 0 Å². The Morgan fingerprint density at radius 2 is 2.00 bits per heavy atom. The van der Waals surface area contributed by atoms with Crippen LogP contribution in [0.25, 0.3) is 20.9 Å². The van der Waals surface area contributed by atoms with Gasteiger partial charge in [0.25, 0.3) is 5.91 Å². The third-order valence-corrected chi connectivity index (χ3v) is 8.46. The van der Waals surface area contributed by atoms with E-state index < -0.39 is 10.0 Å². The summed E-state index contributed by atoms with van der Waals surface area (Å²) >= 11 is 1.59. The van der Waals surface area contributed by atoms with Crippen molar-refractivity contribution >= 4 is 37.6 Å². The highest BCUT2D eigenvalue weighted by Gasteiger charge is 2.25. The standard InChI is InChI=1S/C18H22N4OS2/c1-25(2)9-5-13(6-10-25)20-17(23)14-11-15-16(21-14)22-18(24-15)12-3-7-19-8-4-12/h3-4,7-8,11,13,21H,5-6,9-10H2,1-2H3,(H,20,23). The summed E-state index contributed by atoms with van der Waals surface area (Å²) in [7, 11) is -0.431. The van der Waals surface area contributed by atoms with Crippen molar-refractivity contribution in [2.75, 3.05) is 24.0 Å². The minimum absolute atomic E-state index is 0.0182. The van der Waals surface area contributed by atoms with E-state index in [0.717, 1.165) is 33.8 Å². The Morgan fingerprint density at radius 1 is 1.28 bits per heavy atom. The maximum atomic E-state index is 12.5. The zero-order valence-electron chi connectivity index (χ0n) is 14.4. The Kier molecular flexibility index (Phi) is 4.29. The average molecular weight is 375 g/mol. The smallest absolute Gasteiger partial charge is 0.268 e. The molecule has 0 aliphatic carbocycles. The summed E-state index contributed by atoms with van der Waals surface area (Å²) in [5.41, 5.74) is 2.42. The predicted octanol–water partition coefficient (Wildman–Crippen LogP) is 3.64. The van der Waals surface area contributed by atoms with Gasteiger partial charge < -0.3 is 10.3 Å². The molecule has 4 rings (SSSR count). The SMILES string of the molecule is CS1(C)CCC(NC(=O)c2cc3sc(-c4ccncc4)nc3[nH]2)CC1. The second-order valence-electron chi connectivity index (χ2n) is 7.07. The predicted molar refractivity (Wildman–Crippen MR) is 107 cm³/mol. The summed E-state index contributed by atoms with van der Waals surface area (Å²) in [6.07, 6.45) is 10.5. The molecular weight excluding hydrogens is 352 g/mol. The molecule has 1 fully saturated rings. The first kappa shape index (κ1) is 16.6. The molecule has 25 heavy (non-hydrogen) atoms. The fourth-order valence-electron chi connectivity index (χ4n) is 3.13. The molecule has 3 aromatic heterocycles. The molecule has 4 heterocycles. The van der Waals surface area contributed by atoms with E-state index >= 15 is 0 Å². The van der Waals surface area contributed by atoms with Crippen LogP contribution >= 0.6 is 21.4 Å². The summed E-state index contributed by atoms with van der Waals surface area (Å²) in [6, 6.07) is 6.09. The number of aromatic amines is 1. The lowest BCUT2D eigenvalue weighted by Gasteiger charge is -2.39. The maximum absolute atomic E-state index is 12.5. The van der Waals surface area contributed by atoms with Gasteiger partial charge in [0.05, 0.1) is 4.70 Å². The van der Waals surface area contributed by atoms with Gasteiger partial charge in [-0.2, -0.15) is 0 Å². The Balaban J connectivity index is 1.47. The Labute approximate surface area is 152 Å². The van der Waals surface area contributed by atoms with Crippen LogP contribution in [0.1, 0.15) is 23.3 Å². The fraction of sp³-hybridized carbons (Fsp3) is 0.389. The van der Waals surface area contributed by atoms with Gasteiger partial charge in [-0.25, -0.2) is 15.0 Å². The second-order valence-corrected chi connectivity index (χ2v) is 12.5. The molecule has 0 unspecified atom stereocenters. The third-order valence-electron chi connectivity index (χ3n) is 4.73. The van der Waals surface area contributed by atoms with Crippen LogP contribution in [0.5, 0.6) is 0 Å². The van der Waals surface area contributed by atoms with Crippen LogP contribution in [0.15, 0.2) is 30.6 Å². The van der Waals surface area contributed by atoms with E-state index in [9.17, 15) is 4.79 Å². The molecule has 5 nitrogen and oxygen atoms in total. The molecule has 1 aliphatic rings. The van der Waals surface area contributed by atoms with Gasteiger partial charge in [0.15, 0.2) is 0 Å². The van der Waals surface area contributed by atoms with Gasteiger partial charge in [-0.1, -0.05) is 0 Å². The highest BCUT2D eigenvalue weighted by atomic mass is 32.3. The Bertz CT molecular complexity index is 859. The van der Waals surface area contributed by atoms with Crippen molar-refractivity contribution < 1.29 is 4.79 Å². The van der Waals surface area contributed by atoms with Crippen molar-refractivity contribution in [1.29, 1.82) is 0 Å². The number of nitrogens with zero attached hydrogens (tertiary/aromatic N) is 2. The molecule has 1 aliphatic heterocycles. The summed E-state index contributed by atoms with van der Waals surface area (Å²) in [4.78, 5) is 24.3. The summed E-state index contributed by atoms with van der Waals surface area (Å²) in [5.74, 6) is 2.47. The van der Waals surface area contributed by atoms with Crippen molar-refractivity contribution in [2.45, 2.75) is 18.9 Å². The van der Waals surface area contributed by atoms with Crippen LogP contribution in [0.2, 0.25) is 0 Å². The highest BCUT2D eigenvalue weighted by Crippen LogP contribution is 2.44. The highest BCUT2D eigenvalue weighted by molar-refractivity contribution is 8.32.